The predicted molar refractivity (Wildman–Crippen MR) is 141 cm³/mol. The maximum atomic E-state index is 10.2. The van der Waals surface area contributed by atoms with Crippen LogP contribution in [0.2, 0.25) is 0 Å². The Hall–Kier alpha value is -0.200. The highest BCUT2D eigenvalue weighted by Gasteiger charge is 2.11. The van der Waals surface area contributed by atoms with Gasteiger partial charge in [0.05, 0.1) is 53.7 Å². The van der Waals surface area contributed by atoms with E-state index >= 15 is 0 Å². The van der Waals surface area contributed by atoms with Crippen LogP contribution in [0.3, 0.4) is 0 Å². The Balaban J connectivity index is 3.43. The maximum Gasteiger partial charge on any atom is 0.157 e. The van der Waals surface area contributed by atoms with E-state index in [0.717, 1.165) is 36.9 Å². The number of likely N-dealkylation sites (N-methyl/N-ethyl adjacent to an activating group) is 1. The number of aliphatic hydroxyl groups is 1. The van der Waals surface area contributed by atoms with Gasteiger partial charge in [0.25, 0.3) is 0 Å². The van der Waals surface area contributed by atoms with E-state index in [-0.39, 0.29) is 12.4 Å². The summed E-state index contributed by atoms with van der Waals surface area (Å²) in [5.74, 6) is 0. The highest BCUT2D eigenvalue weighted by Crippen LogP contribution is 2.14. The number of rotatable bonds is 26. The molecule has 2 atom stereocenters. The Kier molecular flexibility index (Phi) is 23.4. The van der Waals surface area contributed by atoms with Crippen LogP contribution < -0.4 is 0 Å². The Morgan fingerprint density at radius 1 is 0.636 bits per heavy atom. The number of hydrogen-bond acceptors (Lipinski definition) is 4. The molecule has 5 nitrogen and oxygen atoms in total. The van der Waals surface area contributed by atoms with E-state index in [1.165, 1.54) is 83.5 Å². The Morgan fingerprint density at radius 3 is 1.64 bits per heavy atom. The summed E-state index contributed by atoms with van der Waals surface area (Å²) in [7, 11) is 6.47. The lowest BCUT2D eigenvalue weighted by molar-refractivity contribution is -0.870. The fraction of sp³-hybridized carbons (Fsp3) is 1.00. The van der Waals surface area contributed by atoms with Crippen LogP contribution in [0.15, 0.2) is 0 Å². The molecule has 0 aromatic heterocycles. The normalized spacial score (nSPS) is 14.0. The van der Waals surface area contributed by atoms with Gasteiger partial charge in [0.2, 0.25) is 0 Å². The van der Waals surface area contributed by atoms with Gasteiger partial charge in [0.15, 0.2) is 6.29 Å². The van der Waals surface area contributed by atoms with Crippen molar-refractivity contribution in [3.63, 3.8) is 0 Å². The summed E-state index contributed by atoms with van der Waals surface area (Å²) in [5.41, 5.74) is 0. The van der Waals surface area contributed by atoms with Crippen LogP contribution >= 0.6 is 0 Å². The molecule has 200 valence electrons. The average molecular weight is 475 g/mol. The van der Waals surface area contributed by atoms with Gasteiger partial charge in [-0.2, -0.15) is 0 Å². The van der Waals surface area contributed by atoms with E-state index in [0.29, 0.717) is 19.8 Å². The van der Waals surface area contributed by atoms with Crippen LogP contribution in [0, 0.1) is 0 Å². The minimum atomic E-state index is -0.388. The first kappa shape index (κ1) is 32.8. The number of aliphatic hydroxyl groups excluding tert-OH is 1. The van der Waals surface area contributed by atoms with E-state index in [1.807, 2.05) is 6.92 Å². The second-order valence-electron chi connectivity index (χ2n) is 10.7. The van der Waals surface area contributed by atoms with E-state index in [2.05, 4.69) is 28.1 Å². The molecule has 5 heteroatoms. The summed E-state index contributed by atoms with van der Waals surface area (Å²) in [6.07, 6.45) is 20.0. The third-order valence-electron chi connectivity index (χ3n) is 6.14. The molecule has 0 rings (SSSR count). The average Bonchev–Trinajstić information content (AvgIpc) is 2.77. The minimum Gasteiger partial charge on any atom is -0.391 e. The molecule has 0 amide bonds. The van der Waals surface area contributed by atoms with Crippen LogP contribution in [-0.2, 0) is 14.2 Å². The van der Waals surface area contributed by atoms with Crippen LogP contribution in [0.4, 0.5) is 0 Å². The molecule has 0 radical (unpaired) electrons. The number of nitrogens with zero attached hydrogens (tertiary/aromatic N) is 1. The highest BCUT2D eigenvalue weighted by molar-refractivity contribution is 4.56. The first-order valence-corrected chi connectivity index (χ1v) is 14.2. The molecule has 0 fully saturated rings. The van der Waals surface area contributed by atoms with Crippen LogP contribution in [0.5, 0.6) is 0 Å². The van der Waals surface area contributed by atoms with Crippen molar-refractivity contribution in [2.45, 2.75) is 129 Å². The van der Waals surface area contributed by atoms with Crippen molar-refractivity contribution in [1.82, 2.24) is 0 Å². The van der Waals surface area contributed by atoms with Gasteiger partial charge in [0.1, 0.15) is 6.54 Å². The van der Waals surface area contributed by atoms with Gasteiger partial charge in [-0.15, -0.1) is 0 Å². The van der Waals surface area contributed by atoms with Gasteiger partial charge < -0.3 is 23.8 Å². The number of quaternary nitrogens is 1. The summed E-state index contributed by atoms with van der Waals surface area (Å²) in [6, 6.07) is 0. The Labute approximate surface area is 207 Å². The molecule has 33 heavy (non-hydrogen) atoms. The zero-order valence-corrected chi connectivity index (χ0v) is 23.1. The molecule has 0 bridgehead atoms. The lowest BCUT2D eigenvalue weighted by Gasteiger charge is -2.23. The fourth-order valence-corrected chi connectivity index (χ4v) is 3.84. The van der Waals surface area contributed by atoms with Crippen molar-refractivity contribution in [3.05, 3.63) is 0 Å². The molecule has 0 aliphatic carbocycles. The van der Waals surface area contributed by atoms with Gasteiger partial charge in [-0.05, 0) is 12.8 Å². The molecule has 0 heterocycles. The fourth-order valence-electron chi connectivity index (χ4n) is 3.84. The van der Waals surface area contributed by atoms with E-state index in [1.54, 1.807) is 0 Å². The summed E-state index contributed by atoms with van der Waals surface area (Å²) in [4.78, 5) is 0. The predicted octanol–water partition coefficient (Wildman–Crippen LogP) is 6.71. The maximum absolute atomic E-state index is 10.2. The summed E-state index contributed by atoms with van der Waals surface area (Å²) >= 11 is 0. The number of unbranched alkanes of at least 4 members (excludes halogenated alkanes) is 13. The Morgan fingerprint density at radius 2 is 1.15 bits per heavy atom. The van der Waals surface area contributed by atoms with E-state index in [4.69, 9.17) is 14.2 Å². The monoisotopic (exact) mass is 474 g/mol. The summed E-state index contributed by atoms with van der Waals surface area (Å²) in [6.45, 7) is 7.53. The summed E-state index contributed by atoms with van der Waals surface area (Å²) in [5, 5.41) is 10.2. The number of ether oxygens (including phenoxy) is 3. The molecular formula is C28H60NO4+. The van der Waals surface area contributed by atoms with Crippen molar-refractivity contribution >= 4 is 0 Å². The van der Waals surface area contributed by atoms with Crippen molar-refractivity contribution in [3.8, 4) is 0 Å². The van der Waals surface area contributed by atoms with Crippen LogP contribution in [0.1, 0.15) is 117 Å². The minimum absolute atomic E-state index is 0.252. The smallest absolute Gasteiger partial charge is 0.157 e. The molecule has 0 aliphatic rings. The van der Waals surface area contributed by atoms with Gasteiger partial charge in [-0.3, -0.25) is 0 Å². The van der Waals surface area contributed by atoms with Crippen molar-refractivity contribution < 1.29 is 23.8 Å². The third-order valence-corrected chi connectivity index (χ3v) is 6.14. The SMILES string of the molecule is CCCCCCCCCCCCCCCCC(O)COC(CC)OCCOCC[N+](C)(C)C. The zero-order chi connectivity index (χ0) is 24.6. The Bertz CT molecular complexity index is 387. The topological polar surface area (TPSA) is 47.9 Å². The lowest BCUT2D eigenvalue weighted by atomic mass is 10.0. The molecule has 2 unspecified atom stereocenters. The van der Waals surface area contributed by atoms with Crippen LogP contribution in [0.25, 0.3) is 0 Å². The first-order valence-electron chi connectivity index (χ1n) is 14.2. The second kappa shape index (κ2) is 23.5. The zero-order valence-electron chi connectivity index (χ0n) is 23.1. The van der Waals surface area contributed by atoms with Gasteiger partial charge >= 0.3 is 0 Å². The van der Waals surface area contributed by atoms with E-state index < -0.39 is 0 Å². The molecule has 0 aromatic rings. The standard InChI is InChI=1S/C28H60NO4/c1-6-8-9-10-11-12-13-14-15-16-17-18-19-20-21-27(30)26-33-28(7-2)32-25-24-31-23-22-29(3,4)5/h27-28,30H,6-26H2,1-5H3/q+1. The first-order chi connectivity index (χ1) is 15.9. The van der Waals surface area contributed by atoms with Gasteiger partial charge in [-0.25, -0.2) is 0 Å². The highest BCUT2D eigenvalue weighted by atomic mass is 16.7. The molecular weight excluding hydrogens is 414 g/mol. The molecule has 0 spiro atoms. The van der Waals surface area contributed by atoms with Crippen LogP contribution in [-0.4, -0.2) is 76.1 Å². The quantitative estimate of drug-likeness (QED) is 0.0859. The van der Waals surface area contributed by atoms with Gasteiger partial charge in [0, 0.05) is 0 Å². The second-order valence-corrected chi connectivity index (χ2v) is 10.7. The van der Waals surface area contributed by atoms with Gasteiger partial charge in [-0.1, -0.05) is 104 Å². The largest absolute Gasteiger partial charge is 0.391 e. The molecule has 0 aliphatic heterocycles. The van der Waals surface area contributed by atoms with Crippen molar-refractivity contribution in [1.29, 1.82) is 0 Å². The van der Waals surface area contributed by atoms with Crippen molar-refractivity contribution in [2.75, 3.05) is 54.1 Å². The van der Waals surface area contributed by atoms with E-state index in [9.17, 15) is 5.11 Å². The molecule has 0 saturated carbocycles. The molecule has 1 N–H and O–H groups in total. The lowest BCUT2D eigenvalue weighted by Crippen LogP contribution is -2.37. The molecule has 0 saturated heterocycles. The molecule has 0 aromatic carbocycles. The van der Waals surface area contributed by atoms with Crippen molar-refractivity contribution in [2.24, 2.45) is 0 Å². The summed E-state index contributed by atoms with van der Waals surface area (Å²) < 4.78 is 18.0. The third kappa shape index (κ3) is 26.2. The number of hydrogen-bond donors (Lipinski definition) is 1.